The van der Waals surface area contributed by atoms with E-state index in [0.29, 0.717) is 6.61 Å². The predicted molar refractivity (Wildman–Crippen MR) is 117 cm³/mol. The summed E-state index contributed by atoms with van der Waals surface area (Å²) < 4.78 is 10.00. The van der Waals surface area contributed by atoms with Crippen molar-refractivity contribution in [3.05, 3.63) is 42.5 Å². The van der Waals surface area contributed by atoms with Gasteiger partial charge in [-0.1, -0.05) is 60.8 Å². The molecule has 1 aromatic rings. The summed E-state index contributed by atoms with van der Waals surface area (Å²) in [6, 6.07) is 9.79. The minimum Gasteiger partial charge on any atom is -0.467 e. The Morgan fingerprint density at radius 2 is 1.86 bits per heavy atom. The summed E-state index contributed by atoms with van der Waals surface area (Å²) in [5.41, 5.74) is -0.00959. The van der Waals surface area contributed by atoms with Crippen LogP contribution in [0.1, 0.15) is 33.1 Å². The zero-order valence-electron chi connectivity index (χ0n) is 17.7. The highest BCUT2D eigenvalue weighted by Crippen LogP contribution is 2.30. The fourth-order valence-corrected chi connectivity index (χ4v) is 6.29. The molecule has 0 radical (unpaired) electrons. The molecule has 0 amide bonds. The van der Waals surface area contributed by atoms with Crippen molar-refractivity contribution in [3.8, 4) is 0 Å². The van der Waals surface area contributed by atoms with Crippen LogP contribution < -0.4 is 5.19 Å². The van der Waals surface area contributed by atoms with E-state index in [9.17, 15) is 9.59 Å². The summed E-state index contributed by atoms with van der Waals surface area (Å²) in [5.74, 6) is -0.572. The minimum absolute atomic E-state index is 0.00959. The van der Waals surface area contributed by atoms with Gasteiger partial charge in [0.15, 0.2) is 6.04 Å². The van der Waals surface area contributed by atoms with Gasteiger partial charge in [0.1, 0.15) is 0 Å². The van der Waals surface area contributed by atoms with Crippen molar-refractivity contribution >= 4 is 31.4 Å². The lowest BCUT2D eigenvalue weighted by Crippen LogP contribution is -2.50. The van der Waals surface area contributed by atoms with E-state index in [0.717, 1.165) is 19.3 Å². The Morgan fingerprint density at radius 3 is 2.43 bits per heavy atom. The van der Waals surface area contributed by atoms with Gasteiger partial charge in [-0.2, -0.15) is 0 Å². The highest BCUT2D eigenvalue weighted by molar-refractivity contribution is 6.91. The average Bonchev–Trinajstić information content (AvgIpc) is 2.68. The molecule has 0 N–H and O–H groups in total. The molecular formula is C22H33NO4Si. The number of methoxy groups -OCH3 is 1. The van der Waals surface area contributed by atoms with Crippen molar-refractivity contribution < 1.29 is 19.1 Å². The van der Waals surface area contributed by atoms with Crippen molar-refractivity contribution in [1.82, 2.24) is 0 Å². The van der Waals surface area contributed by atoms with Crippen LogP contribution in [-0.2, 0) is 19.1 Å². The summed E-state index contributed by atoms with van der Waals surface area (Å²) >= 11 is 0. The second kappa shape index (κ2) is 12.3. The van der Waals surface area contributed by atoms with Gasteiger partial charge in [0.2, 0.25) is 0 Å². The third-order valence-corrected chi connectivity index (χ3v) is 8.83. The molecule has 0 aliphatic heterocycles. The number of carbonyl (C=O) groups excluding carboxylic acids is 2. The van der Waals surface area contributed by atoms with E-state index < -0.39 is 14.1 Å². The molecule has 0 saturated carbocycles. The van der Waals surface area contributed by atoms with Gasteiger partial charge in [0, 0.05) is 12.5 Å². The highest BCUT2D eigenvalue weighted by atomic mass is 28.3. The third kappa shape index (κ3) is 7.42. The number of nitrogens with zero attached hydrogens (tertiary/aromatic N) is 1. The lowest BCUT2D eigenvalue weighted by molar-refractivity contribution is -0.142. The standard InChI is InChI=1S/C22H33NO4Si/c1-6-13-20(28(4,5)19-14-9-7-10-15-19)21(22(25)26-3)23-16-11-8-12-17-27-18(2)24/h6-7,9-10,13-16,20-21H,8,11-12,17H2,1-5H3/b13-6+,23-16?/t20-,21+/m1/s1. The van der Waals surface area contributed by atoms with E-state index in [1.165, 1.54) is 19.2 Å². The van der Waals surface area contributed by atoms with Crippen molar-refractivity contribution in [1.29, 1.82) is 0 Å². The molecule has 1 aromatic carbocycles. The zero-order chi connectivity index (χ0) is 21.0. The van der Waals surface area contributed by atoms with E-state index in [1.807, 2.05) is 31.2 Å². The van der Waals surface area contributed by atoms with Gasteiger partial charge in [-0.05, 0) is 32.4 Å². The number of hydrogen-bond acceptors (Lipinski definition) is 5. The van der Waals surface area contributed by atoms with Gasteiger partial charge in [-0.3, -0.25) is 9.79 Å². The predicted octanol–water partition coefficient (Wildman–Crippen LogP) is 3.89. The van der Waals surface area contributed by atoms with Crippen molar-refractivity contribution in [2.45, 2.75) is 57.8 Å². The number of benzene rings is 1. The molecule has 0 heterocycles. The Bertz CT molecular complexity index is 670. The Hall–Kier alpha value is -2.21. The summed E-state index contributed by atoms with van der Waals surface area (Å²) in [5, 5.41) is 1.28. The number of allylic oxidation sites excluding steroid dienone is 1. The first kappa shape index (κ1) is 23.8. The monoisotopic (exact) mass is 403 g/mol. The first-order valence-electron chi connectivity index (χ1n) is 9.75. The Labute approximate surface area is 169 Å². The van der Waals surface area contributed by atoms with E-state index in [2.05, 4.69) is 36.3 Å². The number of carbonyl (C=O) groups is 2. The van der Waals surface area contributed by atoms with Gasteiger partial charge in [0.05, 0.1) is 21.8 Å². The average molecular weight is 404 g/mol. The minimum atomic E-state index is -2.02. The fourth-order valence-electron chi connectivity index (χ4n) is 3.17. The topological polar surface area (TPSA) is 65.0 Å². The van der Waals surface area contributed by atoms with E-state index in [1.54, 1.807) is 6.21 Å². The summed E-state index contributed by atoms with van der Waals surface area (Å²) in [6.45, 7) is 8.31. The molecule has 0 fully saturated rings. The zero-order valence-corrected chi connectivity index (χ0v) is 18.7. The van der Waals surface area contributed by atoms with Gasteiger partial charge < -0.3 is 9.47 Å². The quantitative estimate of drug-likeness (QED) is 0.185. The van der Waals surface area contributed by atoms with Crippen LogP contribution in [0.15, 0.2) is 47.5 Å². The highest BCUT2D eigenvalue weighted by Gasteiger charge is 2.40. The first-order valence-corrected chi connectivity index (χ1v) is 12.8. The SMILES string of the molecule is C/C=C/[C@H]([C@H](N=CCCCCOC(C)=O)C(=O)OC)[Si](C)(C)c1ccccc1. The molecule has 0 aliphatic carbocycles. The molecule has 0 aliphatic rings. The van der Waals surface area contributed by atoms with Gasteiger partial charge in [-0.15, -0.1) is 0 Å². The molecule has 0 spiro atoms. The second-order valence-corrected chi connectivity index (χ2v) is 12.0. The largest absolute Gasteiger partial charge is 0.467 e. The number of aliphatic imine (C=N–C) groups is 1. The molecule has 1 rings (SSSR count). The number of rotatable bonds is 11. The van der Waals surface area contributed by atoms with E-state index >= 15 is 0 Å². The van der Waals surface area contributed by atoms with Crippen LogP contribution in [0.5, 0.6) is 0 Å². The fraction of sp³-hybridized carbons (Fsp3) is 0.500. The summed E-state index contributed by atoms with van der Waals surface area (Å²) in [6.07, 6.45) is 8.24. The van der Waals surface area contributed by atoms with Crippen LogP contribution in [0.2, 0.25) is 18.6 Å². The van der Waals surface area contributed by atoms with Crippen LogP contribution in [0.25, 0.3) is 0 Å². The summed E-state index contributed by atoms with van der Waals surface area (Å²) in [4.78, 5) is 27.9. The van der Waals surface area contributed by atoms with Crippen LogP contribution in [0.4, 0.5) is 0 Å². The molecule has 0 aromatic heterocycles. The maximum Gasteiger partial charge on any atom is 0.330 e. The van der Waals surface area contributed by atoms with Gasteiger partial charge >= 0.3 is 11.9 Å². The molecule has 0 bridgehead atoms. The maximum atomic E-state index is 12.5. The number of hydrogen-bond donors (Lipinski definition) is 0. The third-order valence-electron chi connectivity index (χ3n) is 4.83. The smallest absolute Gasteiger partial charge is 0.330 e. The van der Waals surface area contributed by atoms with Crippen LogP contribution in [0.3, 0.4) is 0 Å². The molecule has 5 nitrogen and oxygen atoms in total. The van der Waals surface area contributed by atoms with Crippen LogP contribution in [-0.4, -0.2) is 46.0 Å². The maximum absolute atomic E-state index is 12.5. The lowest BCUT2D eigenvalue weighted by atomic mass is 10.2. The van der Waals surface area contributed by atoms with Crippen molar-refractivity contribution in [2.75, 3.05) is 13.7 Å². The Kier molecular flexibility index (Phi) is 10.5. The molecule has 154 valence electrons. The van der Waals surface area contributed by atoms with Crippen LogP contribution >= 0.6 is 0 Å². The van der Waals surface area contributed by atoms with Crippen molar-refractivity contribution in [2.24, 2.45) is 4.99 Å². The van der Waals surface area contributed by atoms with Gasteiger partial charge in [0.25, 0.3) is 0 Å². The lowest BCUT2D eigenvalue weighted by Gasteiger charge is -2.34. The van der Waals surface area contributed by atoms with Crippen molar-refractivity contribution in [3.63, 3.8) is 0 Å². The molecule has 2 atom stereocenters. The molecule has 0 unspecified atom stereocenters. The van der Waals surface area contributed by atoms with E-state index in [-0.39, 0.29) is 17.5 Å². The number of unbranched alkanes of at least 4 members (excludes halogenated alkanes) is 2. The molecular weight excluding hydrogens is 370 g/mol. The second-order valence-electron chi connectivity index (χ2n) is 7.27. The molecule has 0 saturated heterocycles. The van der Waals surface area contributed by atoms with Crippen LogP contribution in [0, 0.1) is 0 Å². The first-order chi connectivity index (χ1) is 13.3. The van der Waals surface area contributed by atoms with E-state index in [4.69, 9.17) is 9.47 Å². The molecule has 28 heavy (non-hydrogen) atoms. The normalized spacial score (nSPS) is 14.2. The summed E-state index contributed by atoms with van der Waals surface area (Å²) in [7, 11) is -0.614. The molecule has 6 heteroatoms. The number of ether oxygens (including phenoxy) is 2. The Balaban J connectivity index is 2.93. The van der Waals surface area contributed by atoms with Gasteiger partial charge in [-0.25, -0.2) is 4.79 Å². The number of esters is 2. The Morgan fingerprint density at radius 1 is 1.18 bits per heavy atom.